The number of hydrogen-bond donors (Lipinski definition) is 0. The molecular weight excluding hydrogens is 312 g/mol. The van der Waals surface area contributed by atoms with Crippen molar-refractivity contribution >= 4 is 11.3 Å². The number of aromatic nitrogens is 2. The molecule has 0 spiro atoms. The molecule has 5 nitrogen and oxygen atoms in total. The van der Waals surface area contributed by atoms with Crippen molar-refractivity contribution in [1.82, 2.24) is 14.3 Å². The lowest BCUT2D eigenvalue weighted by Gasteiger charge is -2.37. The molecule has 1 aliphatic heterocycles. The van der Waals surface area contributed by atoms with E-state index in [4.69, 9.17) is 4.74 Å². The van der Waals surface area contributed by atoms with E-state index in [1.807, 2.05) is 30.5 Å². The van der Waals surface area contributed by atoms with E-state index >= 15 is 0 Å². The van der Waals surface area contributed by atoms with E-state index in [0.717, 1.165) is 43.3 Å². The van der Waals surface area contributed by atoms with Gasteiger partial charge in [0.1, 0.15) is 17.5 Å². The third kappa shape index (κ3) is 3.33. The van der Waals surface area contributed by atoms with Crippen molar-refractivity contribution in [3.05, 3.63) is 60.6 Å². The van der Waals surface area contributed by atoms with Crippen LogP contribution in [0.25, 0.3) is 5.65 Å². The monoisotopic (exact) mass is 336 g/mol. The van der Waals surface area contributed by atoms with Crippen LogP contribution in [-0.4, -0.2) is 47.1 Å². The maximum absolute atomic E-state index is 6.22. The van der Waals surface area contributed by atoms with Gasteiger partial charge in [-0.2, -0.15) is 0 Å². The number of anilines is 1. The second-order valence-electron chi connectivity index (χ2n) is 6.64. The molecule has 2 aromatic heterocycles. The molecule has 3 heterocycles. The highest BCUT2D eigenvalue weighted by atomic mass is 16.5. The summed E-state index contributed by atoms with van der Waals surface area (Å²) in [6, 6.07) is 14.4. The number of fused-ring (bicyclic) bond motifs is 2. The van der Waals surface area contributed by atoms with Crippen LogP contribution < -0.4 is 9.64 Å². The van der Waals surface area contributed by atoms with Crippen LogP contribution in [0.2, 0.25) is 0 Å². The van der Waals surface area contributed by atoms with Crippen LogP contribution in [0.5, 0.6) is 5.75 Å². The van der Waals surface area contributed by atoms with Crippen LogP contribution in [0.15, 0.2) is 54.9 Å². The van der Waals surface area contributed by atoms with Crippen molar-refractivity contribution < 1.29 is 4.74 Å². The Labute approximate surface area is 148 Å². The van der Waals surface area contributed by atoms with E-state index in [1.165, 1.54) is 5.69 Å². The van der Waals surface area contributed by atoms with E-state index in [0.29, 0.717) is 0 Å². The van der Waals surface area contributed by atoms with Gasteiger partial charge in [0.05, 0.1) is 17.9 Å². The van der Waals surface area contributed by atoms with Crippen LogP contribution in [0, 0.1) is 0 Å². The van der Waals surface area contributed by atoms with Crippen LogP contribution >= 0.6 is 0 Å². The highest BCUT2D eigenvalue weighted by molar-refractivity contribution is 5.60. The van der Waals surface area contributed by atoms with Gasteiger partial charge in [0, 0.05) is 32.0 Å². The quantitative estimate of drug-likeness (QED) is 0.717. The minimum Gasteiger partial charge on any atom is -0.485 e. The summed E-state index contributed by atoms with van der Waals surface area (Å²) in [6.45, 7) is 5.80. The van der Waals surface area contributed by atoms with Gasteiger partial charge in [-0.25, -0.2) is 4.98 Å². The Morgan fingerprint density at radius 1 is 1.20 bits per heavy atom. The highest BCUT2D eigenvalue weighted by Crippen LogP contribution is 2.32. The first-order chi connectivity index (χ1) is 12.2. The summed E-state index contributed by atoms with van der Waals surface area (Å²) in [7, 11) is 2.13. The average Bonchev–Trinajstić information content (AvgIpc) is 3.02. The van der Waals surface area contributed by atoms with Crippen molar-refractivity contribution in [2.45, 2.75) is 19.6 Å². The number of likely N-dealkylation sites (N-methyl/N-ethyl adjacent to an activating group) is 2. The first-order valence-corrected chi connectivity index (χ1v) is 8.84. The van der Waals surface area contributed by atoms with Gasteiger partial charge in [0.2, 0.25) is 0 Å². The Balaban J connectivity index is 1.43. The molecule has 0 bridgehead atoms. The normalized spacial score (nSPS) is 16.9. The van der Waals surface area contributed by atoms with Gasteiger partial charge in [-0.15, -0.1) is 0 Å². The molecule has 0 aliphatic carbocycles. The number of nitrogens with zero attached hydrogens (tertiary/aromatic N) is 4. The Bertz CT molecular complexity index is 827. The van der Waals surface area contributed by atoms with E-state index < -0.39 is 0 Å². The predicted octanol–water partition coefficient (Wildman–Crippen LogP) is 3.05. The van der Waals surface area contributed by atoms with Gasteiger partial charge in [-0.05, 0) is 38.2 Å². The summed E-state index contributed by atoms with van der Waals surface area (Å²) in [5.41, 5.74) is 3.27. The Kier molecular flexibility index (Phi) is 4.32. The molecule has 0 fully saturated rings. The summed E-state index contributed by atoms with van der Waals surface area (Å²) in [5, 5.41) is 0. The number of rotatable bonds is 5. The molecule has 0 N–H and O–H groups in total. The number of ether oxygens (including phenoxy) is 1. The maximum Gasteiger partial charge on any atom is 0.143 e. The molecule has 4 rings (SSSR count). The molecule has 1 aliphatic rings. The third-order valence-corrected chi connectivity index (χ3v) is 4.67. The number of benzene rings is 1. The SMILES string of the molecule is CCN1C[C@@H](CN(C)Cc2cn3ccccc3n2)Oc2ccccc21. The fraction of sp³-hybridized carbons (Fsp3) is 0.350. The summed E-state index contributed by atoms with van der Waals surface area (Å²) in [5.74, 6) is 0.988. The molecular formula is C20H24N4O. The van der Waals surface area contributed by atoms with Crippen LogP contribution in [0.4, 0.5) is 5.69 Å². The fourth-order valence-electron chi connectivity index (χ4n) is 3.53. The zero-order chi connectivity index (χ0) is 17.2. The third-order valence-electron chi connectivity index (χ3n) is 4.67. The predicted molar refractivity (Wildman–Crippen MR) is 100 cm³/mol. The molecule has 0 amide bonds. The van der Waals surface area contributed by atoms with E-state index in [1.54, 1.807) is 0 Å². The highest BCUT2D eigenvalue weighted by Gasteiger charge is 2.25. The Morgan fingerprint density at radius 3 is 2.88 bits per heavy atom. The van der Waals surface area contributed by atoms with Crippen LogP contribution in [0.3, 0.4) is 0 Å². The second-order valence-corrected chi connectivity index (χ2v) is 6.64. The van der Waals surface area contributed by atoms with E-state index in [9.17, 15) is 0 Å². The summed E-state index contributed by atoms with van der Waals surface area (Å²) in [6.07, 6.45) is 4.30. The van der Waals surface area contributed by atoms with Crippen molar-refractivity contribution in [1.29, 1.82) is 0 Å². The average molecular weight is 336 g/mol. The molecule has 5 heteroatoms. The number of imidazole rings is 1. The molecule has 0 saturated carbocycles. The van der Waals surface area contributed by atoms with Gasteiger partial charge >= 0.3 is 0 Å². The summed E-state index contributed by atoms with van der Waals surface area (Å²) < 4.78 is 8.29. The molecule has 0 unspecified atom stereocenters. The molecule has 25 heavy (non-hydrogen) atoms. The smallest absolute Gasteiger partial charge is 0.143 e. The minimum absolute atomic E-state index is 0.164. The molecule has 1 aromatic carbocycles. The minimum atomic E-state index is 0.164. The molecule has 3 aromatic rings. The zero-order valence-electron chi connectivity index (χ0n) is 14.8. The van der Waals surface area contributed by atoms with Crippen molar-refractivity contribution in [2.24, 2.45) is 0 Å². The lowest BCUT2D eigenvalue weighted by Crippen LogP contribution is -2.45. The number of hydrogen-bond acceptors (Lipinski definition) is 4. The zero-order valence-corrected chi connectivity index (χ0v) is 14.8. The standard InChI is InChI=1S/C20H24N4O/c1-3-23-15-17(25-19-9-5-4-8-18(19)23)14-22(2)12-16-13-24-11-7-6-10-20(24)21-16/h4-11,13,17H,3,12,14-15H2,1-2H3/t17-/m1/s1. The van der Waals surface area contributed by atoms with Gasteiger partial charge in [0.15, 0.2) is 0 Å². The van der Waals surface area contributed by atoms with Crippen molar-refractivity contribution in [3.63, 3.8) is 0 Å². The lowest BCUT2D eigenvalue weighted by molar-refractivity contribution is 0.139. The second kappa shape index (κ2) is 6.76. The summed E-state index contributed by atoms with van der Waals surface area (Å²) >= 11 is 0. The van der Waals surface area contributed by atoms with E-state index in [-0.39, 0.29) is 6.10 Å². The molecule has 0 radical (unpaired) electrons. The fourth-order valence-corrected chi connectivity index (χ4v) is 3.53. The van der Waals surface area contributed by atoms with Crippen LogP contribution in [0.1, 0.15) is 12.6 Å². The number of para-hydroxylation sites is 2. The molecule has 0 saturated heterocycles. The maximum atomic E-state index is 6.22. The van der Waals surface area contributed by atoms with Gasteiger partial charge in [0.25, 0.3) is 0 Å². The largest absolute Gasteiger partial charge is 0.485 e. The van der Waals surface area contributed by atoms with Crippen molar-refractivity contribution in [3.8, 4) is 5.75 Å². The Hall–Kier alpha value is -2.53. The van der Waals surface area contributed by atoms with Crippen molar-refractivity contribution in [2.75, 3.05) is 31.6 Å². The topological polar surface area (TPSA) is 33.0 Å². The van der Waals surface area contributed by atoms with Gasteiger partial charge in [-0.1, -0.05) is 18.2 Å². The first-order valence-electron chi connectivity index (χ1n) is 8.84. The van der Waals surface area contributed by atoms with E-state index in [2.05, 4.69) is 57.6 Å². The lowest BCUT2D eigenvalue weighted by atomic mass is 10.2. The first kappa shape index (κ1) is 16.0. The van der Waals surface area contributed by atoms with Gasteiger partial charge in [-0.3, -0.25) is 4.90 Å². The Morgan fingerprint density at radius 2 is 2.04 bits per heavy atom. The number of pyridine rings is 1. The molecule has 130 valence electrons. The molecule has 1 atom stereocenters. The summed E-state index contributed by atoms with van der Waals surface area (Å²) in [4.78, 5) is 9.36. The van der Waals surface area contributed by atoms with Gasteiger partial charge < -0.3 is 14.0 Å². The van der Waals surface area contributed by atoms with Crippen LogP contribution in [-0.2, 0) is 6.54 Å².